The van der Waals surface area contributed by atoms with Crippen molar-refractivity contribution in [1.29, 1.82) is 0 Å². The molecule has 0 atom stereocenters. The lowest BCUT2D eigenvalue weighted by Gasteiger charge is -2.14. The molecule has 2 aromatic rings. The Bertz CT molecular complexity index is 944. The third-order valence-corrected chi connectivity index (χ3v) is 3.94. The first-order valence-corrected chi connectivity index (χ1v) is 7.64. The summed E-state index contributed by atoms with van der Waals surface area (Å²) in [6, 6.07) is 9.54. The first-order valence-electron chi connectivity index (χ1n) is 7.64. The second kappa shape index (κ2) is 7.31. The molecule has 0 aliphatic carbocycles. The maximum atomic E-state index is 13.6. The minimum absolute atomic E-state index is 0.128. The van der Waals surface area contributed by atoms with E-state index in [9.17, 15) is 18.2 Å². The molecule has 0 bridgehead atoms. The predicted molar refractivity (Wildman–Crippen MR) is 94.8 cm³/mol. The van der Waals surface area contributed by atoms with Crippen molar-refractivity contribution in [3.8, 4) is 5.75 Å². The molecule has 1 aliphatic heterocycles. The van der Waals surface area contributed by atoms with Crippen LogP contribution in [0.5, 0.6) is 5.75 Å². The normalized spacial score (nSPS) is 14.8. The van der Waals surface area contributed by atoms with E-state index in [-0.39, 0.29) is 17.1 Å². The molecule has 130 valence electrons. The molecule has 1 aromatic carbocycles. The van der Waals surface area contributed by atoms with Gasteiger partial charge in [0.15, 0.2) is 12.6 Å². The predicted octanol–water partition coefficient (Wildman–Crippen LogP) is 3.05. The molecular weight excluding hydrogens is 341 g/mol. The minimum Gasteiger partial charge on any atom is -0.497 e. The number of hydrogen-bond donors (Lipinski definition) is 0. The molecule has 0 fully saturated rings. The van der Waals surface area contributed by atoms with E-state index in [1.165, 1.54) is 25.3 Å². The molecule has 5 nitrogen and oxygen atoms in total. The maximum Gasteiger partial charge on any atom is 0.678 e. The van der Waals surface area contributed by atoms with Gasteiger partial charge >= 0.3 is 7.40 Å². The van der Waals surface area contributed by atoms with Crippen LogP contribution in [0.25, 0.3) is 5.57 Å². The number of halogens is 2. The summed E-state index contributed by atoms with van der Waals surface area (Å²) < 4.78 is 32.9. The van der Waals surface area contributed by atoms with Crippen LogP contribution in [0, 0.1) is 0 Å². The van der Waals surface area contributed by atoms with Gasteiger partial charge in [0.05, 0.1) is 18.5 Å². The van der Waals surface area contributed by atoms with Gasteiger partial charge in [0.25, 0.3) is 0 Å². The molecule has 0 unspecified atom stereocenters. The van der Waals surface area contributed by atoms with Gasteiger partial charge in [-0.15, -0.1) is 0 Å². The van der Waals surface area contributed by atoms with Crippen LogP contribution >= 0.6 is 0 Å². The Morgan fingerprint density at radius 3 is 2.35 bits per heavy atom. The number of aliphatic imine (C=N–C) groups is 1. The second-order valence-corrected chi connectivity index (χ2v) is 5.39. The van der Waals surface area contributed by atoms with Crippen molar-refractivity contribution in [2.45, 2.75) is 0 Å². The van der Waals surface area contributed by atoms with Gasteiger partial charge in [-0.1, -0.05) is 12.1 Å². The molecule has 1 aliphatic rings. The Morgan fingerprint density at radius 2 is 1.81 bits per heavy atom. The van der Waals surface area contributed by atoms with Crippen LogP contribution < -0.4 is 4.74 Å². The largest absolute Gasteiger partial charge is 0.678 e. The van der Waals surface area contributed by atoms with E-state index in [0.29, 0.717) is 39.6 Å². The Balaban J connectivity index is 2.26. The third-order valence-electron chi connectivity index (χ3n) is 3.94. The molecule has 8 heteroatoms. The Kier molecular flexibility index (Phi) is 4.93. The monoisotopic (exact) mass is 354 g/mol. The van der Waals surface area contributed by atoms with E-state index in [1.807, 2.05) is 0 Å². The summed E-state index contributed by atoms with van der Waals surface area (Å²) in [5, 5.41) is 0. The molecule has 0 spiro atoms. The average molecular weight is 354 g/mol. The zero-order chi connectivity index (χ0) is 18.7. The molecule has 26 heavy (non-hydrogen) atoms. The van der Waals surface area contributed by atoms with Crippen molar-refractivity contribution in [2.75, 3.05) is 7.11 Å². The lowest BCUT2D eigenvalue weighted by molar-refractivity contribution is -0.102. The highest BCUT2D eigenvalue weighted by Gasteiger charge is 2.27. The Hall–Kier alpha value is -3.29. The smallest absolute Gasteiger partial charge is 0.497 e. The lowest BCUT2D eigenvalue weighted by Crippen LogP contribution is -2.19. The average Bonchev–Trinajstić information content (AvgIpc) is 3.29. The fourth-order valence-corrected chi connectivity index (χ4v) is 2.75. The molecular formula is C18H13BF2N2O3. The zero-order valence-corrected chi connectivity index (χ0v) is 13.7. The summed E-state index contributed by atoms with van der Waals surface area (Å²) in [7, 11) is -1.39. The molecule has 1 aromatic heterocycles. The summed E-state index contributed by atoms with van der Waals surface area (Å²) in [6.45, 7) is 0. The third kappa shape index (κ3) is 3.13. The first kappa shape index (κ1) is 17.5. The van der Waals surface area contributed by atoms with Crippen LogP contribution in [0.3, 0.4) is 0 Å². The van der Waals surface area contributed by atoms with Crippen molar-refractivity contribution < 1.29 is 23.0 Å². The number of carbonyl (C=O) groups excluding carboxylic acids is 2. The van der Waals surface area contributed by atoms with Crippen LogP contribution in [0.1, 0.15) is 21.7 Å². The summed E-state index contributed by atoms with van der Waals surface area (Å²) in [6.07, 6.45) is 4.03. The molecule has 0 saturated heterocycles. The highest BCUT2D eigenvalue weighted by molar-refractivity contribution is 6.42. The number of aldehydes is 2. The lowest BCUT2D eigenvalue weighted by atomic mass is 9.98. The van der Waals surface area contributed by atoms with Crippen LogP contribution in [0.2, 0.25) is 0 Å². The van der Waals surface area contributed by atoms with Gasteiger partial charge in [-0.2, -0.15) is 0 Å². The molecule has 0 saturated carbocycles. The van der Waals surface area contributed by atoms with Crippen LogP contribution in [-0.4, -0.2) is 37.3 Å². The van der Waals surface area contributed by atoms with Gasteiger partial charge in [-0.3, -0.25) is 18.2 Å². The number of nitrogens with zero attached hydrogens (tertiary/aromatic N) is 2. The molecule has 0 amide bonds. The number of aromatic nitrogens is 1. The van der Waals surface area contributed by atoms with Gasteiger partial charge in [0, 0.05) is 11.3 Å². The van der Waals surface area contributed by atoms with Crippen molar-refractivity contribution >= 4 is 31.3 Å². The fourth-order valence-electron chi connectivity index (χ4n) is 2.75. The van der Waals surface area contributed by atoms with Crippen molar-refractivity contribution in [2.24, 2.45) is 4.99 Å². The quantitative estimate of drug-likeness (QED) is 0.592. The number of hydrogen-bond acceptors (Lipinski definition) is 4. The molecule has 0 N–H and O–H groups in total. The van der Waals surface area contributed by atoms with E-state index in [0.717, 1.165) is 0 Å². The number of carbonyl (C=O) groups is 2. The van der Waals surface area contributed by atoms with E-state index < -0.39 is 7.40 Å². The number of ether oxygens (including phenoxy) is 1. The molecule has 3 rings (SSSR count). The molecule has 2 heterocycles. The highest BCUT2D eigenvalue weighted by Crippen LogP contribution is 2.32. The zero-order valence-electron chi connectivity index (χ0n) is 13.7. The summed E-state index contributed by atoms with van der Waals surface area (Å²) in [4.78, 5) is 26.3. The topological polar surface area (TPSA) is 60.7 Å². The van der Waals surface area contributed by atoms with Gasteiger partial charge in [-0.25, -0.2) is 4.99 Å². The maximum absolute atomic E-state index is 13.6. The number of allylic oxidation sites excluding steroid dienone is 2. The standard InChI is InChI=1S/C18H13BF2N2O3/c1-26-15-6-2-12(3-7-15)18(16-8-4-13(10-24)22-16)17-9-5-14(11-25)23(17)19(20)21/h2-11H,1H3/b18-16-. The SMILES string of the molecule is COc1ccc(/C(=C2\C=CC(C=O)=N2)c2ccc(C=O)n2B(F)F)cc1. The van der Waals surface area contributed by atoms with E-state index in [2.05, 4.69) is 4.99 Å². The number of benzene rings is 1. The van der Waals surface area contributed by atoms with E-state index in [4.69, 9.17) is 4.74 Å². The van der Waals surface area contributed by atoms with Crippen molar-refractivity contribution in [1.82, 2.24) is 4.48 Å². The van der Waals surface area contributed by atoms with Gasteiger partial charge < -0.3 is 9.21 Å². The second-order valence-electron chi connectivity index (χ2n) is 5.39. The van der Waals surface area contributed by atoms with Crippen molar-refractivity contribution in [3.05, 3.63) is 71.2 Å². The highest BCUT2D eigenvalue weighted by atomic mass is 19.2. The van der Waals surface area contributed by atoms with Gasteiger partial charge in [-0.05, 0) is 42.0 Å². The summed E-state index contributed by atoms with van der Waals surface area (Å²) >= 11 is 0. The van der Waals surface area contributed by atoms with Crippen molar-refractivity contribution in [3.63, 3.8) is 0 Å². The minimum atomic E-state index is -2.91. The van der Waals surface area contributed by atoms with Crippen LogP contribution in [0.4, 0.5) is 8.63 Å². The van der Waals surface area contributed by atoms with Crippen LogP contribution in [0.15, 0.2) is 59.2 Å². The summed E-state index contributed by atoms with van der Waals surface area (Å²) in [5.74, 6) is 0.606. The summed E-state index contributed by atoms with van der Waals surface area (Å²) in [5.41, 5.74) is 1.51. The molecule has 0 radical (unpaired) electrons. The first-order chi connectivity index (χ1) is 12.6. The number of methoxy groups -OCH3 is 1. The number of rotatable bonds is 6. The van der Waals surface area contributed by atoms with Crippen LogP contribution in [-0.2, 0) is 4.79 Å². The fraction of sp³-hybridized carbons (Fsp3) is 0.0556. The Morgan fingerprint density at radius 1 is 1.08 bits per heavy atom. The Labute approximate surface area is 148 Å². The van der Waals surface area contributed by atoms with E-state index in [1.54, 1.807) is 30.3 Å². The van der Waals surface area contributed by atoms with Gasteiger partial charge in [0.2, 0.25) is 0 Å². The van der Waals surface area contributed by atoms with E-state index >= 15 is 0 Å². The van der Waals surface area contributed by atoms with Gasteiger partial charge in [0.1, 0.15) is 11.5 Å².